The van der Waals surface area contributed by atoms with Gasteiger partial charge in [-0.2, -0.15) is 0 Å². The second kappa shape index (κ2) is 3.98. The second-order valence-corrected chi connectivity index (χ2v) is 6.05. The molecule has 0 amide bonds. The Bertz CT molecular complexity index is 203. The van der Waals surface area contributed by atoms with E-state index in [9.17, 15) is 14.0 Å². The molecule has 0 saturated carbocycles. The third-order valence-corrected chi connectivity index (χ3v) is 4.69. The van der Waals surface area contributed by atoms with E-state index in [2.05, 4.69) is 4.74 Å². The molecule has 7 nitrogen and oxygen atoms in total. The molecule has 74 valence electrons. The minimum atomic E-state index is -5.05. The summed E-state index contributed by atoms with van der Waals surface area (Å²) in [6.45, 7) is -0.735. The zero-order valence-electron chi connectivity index (χ0n) is 6.15. The van der Waals surface area contributed by atoms with Crippen LogP contribution in [0.3, 0.4) is 0 Å². The molecule has 0 bridgehead atoms. The van der Waals surface area contributed by atoms with Gasteiger partial charge in [0.2, 0.25) is 0 Å². The van der Waals surface area contributed by atoms with Gasteiger partial charge >= 0.3 is 7.60 Å². The van der Waals surface area contributed by atoms with Gasteiger partial charge in [-0.25, -0.2) is 0 Å². The van der Waals surface area contributed by atoms with E-state index in [0.717, 1.165) is 7.11 Å². The number of methoxy groups -OCH3 is 1. The van der Waals surface area contributed by atoms with Gasteiger partial charge in [0, 0.05) is 7.11 Å². The van der Waals surface area contributed by atoms with E-state index in [0.29, 0.717) is 0 Å². The Morgan fingerprint density at radius 2 is 1.83 bits per heavy atom. The highest BCUT2D eigenvalue weighted by atomic mass is 31.2. The first-order valence-corrected chi connectivity index (χ1v) is 6.10. The minimum absolute atomic E-state index is 0.735. The van der Waals surface area contributed by atoms with Gasteiger partial charge in [0.05, 0.1) is 6.61 Å². The Balaban J connectivity index is 4.70. The van der Waals surface area contributed by atoms with Crippen molar-refractivity contribution in [2.45, 2.75) is 5.40 Å². The number of hydrogen-bond donors (Lipinski definition) is 3. The van der Waals surface area contributed by atoms with E-state index in [1.807, 2.05) is 0 Å². The maximum Gasteiger partial charge on any atom is 0.339 e. The van der Waals surface area contributed by atoms with Crippen LogP contribution in [-0.2, 0) is 13.9 Å². The van der Waals surface area contributed by atoms with Crippen molar-refractivity contribution in [3.05, 3.63) is 0 Å². The molecule has 0 aliphatic heterocycles. The Kier molecular flexibility index (Phi) is 4.07. The molecule has 0 spiro atoms. The topological polar surface area (TPSA) is 127 Å². The molecule has 0 rings (SSSR count). The van der Waals surface area contributed by atoms with Gasteiger partial charge in [-0.1, -0.05) is 0 Å². The van der Waals surface area contributed by atoms with Gasteiger partial charge < -0.3 is 28.9 Å². The van der Waals surface area contributed by atoms with Crippen LogP contribution in [0.4, 0.5) is 0 Å². The highest BCUT2D eigenvalue weighted by Gasteiger charge is 2.36. The van der Waals surface area contributed by atoms with E-state index in [4.69, 9.17) is 14.7 Å². The first kappa shape index (κ1) is 12.3. The molecule has 0 fully saturated rings. The number of ether oxygens (including phenoxy) is 1. The summed E-state index contributed by atoms with van der Waals surface area (Å²) in [6.07, 6.45) is 0. The molecular weight excluding hydrogens is 210 g/mol. The van der Waals surface area contributed by atoms with Crippen molar-refractivity contribution in [3.63, 3.8) is 0 Å². The van der Waals surface area contributed by atoms with Crippen LogP contribution in [0.25, 0.3) is 0 Å². The first-order valence-electron chi connectivity index (χ1n) is 2.77. The van der Waals surface area contributed by atoms with Crippen molar-refractivity contribution in [2.75, 3.05) is 13.7 Å². The molecule has 3 N–H and O–H groups in total. The van der Waals surface area contributed by atoms with Crippen molar-refractivity contribution in [3.8, 4) is 0 Å². The van der Waals surface area contributed by atoms with E-state index in [1.165, 1.54) is 0 Å². The average molecular weight is 219 g/mol. The third kappa shape index (κ3) is 3.78. The average Bonchev–Trinajstić information content (AvgIpc) is 1.77. The Hall–Kier alpha value is 0.260. The molecule has 0 radical (unpaired) electrons. The summed E-state index contributed by atoms with van der Waals surface area (Å²) in [5.41, 5.74) is 0. The van der Waals surface area contributed by atoms with Crippen molar-refractivity contribution in [1.29, 1.82) is 0 Å². The summed E-state index contributed by atoms with van der Waals surface area (Å²) < 4.78 is 25.1. The molecule has 0 aromatic heterocycles. The summed E-state index contributed by atoms with van der Waals surface area (Å²) in [6, 6.07) is 0. The SMILES string of the molecule is COCC(P(=O)([O-])O)P(=O)(O)O. The van der Waals surface area contributed by atoms with Crippen LogP contribution in [0.1, 0.15) is 0 Å². The first-order chi connectivity index (χ1) is 5.19. The monoisotopic (exact) mass is 219 g/mol. The lowest BCUT2D eigenvalue weighted by Crippen LogP contribution is -2.21. The highest BCUT2D eigenvalue weighted by molar-refractivity contribution is 7.70. The van der Waals surface area contributed by atoms with Crippen LogP contribution in [0.2, 0.25) is 0 Å². The molecule has 2 atom stereocenters. The normalized spacial score (nSPS) is 20.1. The number of rotatable bonds is 4. The van der Waals surface area contributed by atoms with Crippen molar-refractivity contribution in [1.82, 2.24) is 0 Å². The van der Waals surface area contributed by atoms with Crippen molar-refractivity contribution >= 4 is 15.2 Å². The summed E-state index contributed by atoms with van der Waals surface area (Å²) in [5.74, 6) is 0. The van der Waals surface area contributed by atoms with Gasteiger partial charge in [-0.3, -0.25) is 4.57 Å². The van der Waals surface area contributed by atoms with E-state index < -0.39 is 27.2 Å². The van der Waals surface area contributed by atoms with Crippen LogP contribution in [0, 0.1) is 0 Å². The lowest BCUT2D eigenvalue weighted by molar-refractivity contribution is -0.195. The predicted molar refractivity (Wildman–Crippen MR) is 37.5 cm³/mol. The van der Waals surface area contributed by atoms with Gasteiger partial charge in [-0.05, 0) is 0 Å². The molecule has 0 aliphatic rings. The van der Waals surface area contributed by atoms with Gasteiger partial charge in [0.25, 0.3) is 0 Å². The third-order valence-electron chi connectivity index (χ3n) is 1.08. The van der Waals surface area contributed by atoms with E-state index >= 15 is 0 Å². The van der Waals surface area contributed by atoms with Crippen LogP contribution < -0.4 is 4.89 Å². The van der Waals surface area contributed by atoms with Crippen LogP contribution >= 0.6 is 15.2 Å². The minimum Gasteiger partial charge on any atom is -0.778 e. The summed E-state index contributed by atoms with van der Waals surface area (Å²) >= 11 is 0. The lowest BCUT2D eigenvalue weighted by atomic mass is 10.8. The quantitative estimate of drug-likeness (QED) is 0.500. The zero-order chi connectivity index (χ0) is 9.99. The van der Waals surface area contributed by atoms with Crippen LogP contribution in [0.5, 0.6) is 0 Å². The maximum absolute atomic E-state index is 10.5. The van der Waals surface area contributed by atoms with Crippen molar-refractivity contribution < 1.29 is 33.4 Å². The number of hydrogen-bond acceptors (Lipinski definition) is 4. The molecule has 0 aliphatic carbocycles. The second-order valence-electron chi connectivity index (χ2n) is 2.09. The lowest BCUT2D eigenvalue weighted by Gasteiger charge is -2.26. The fraction of sp³-hybridized carbons (Fsp3) is 1.00. The molecule has 0 aromatic rings. The van der Waals surface area contributed by atoms with Gasteiger partial charge in [-0.15, -0.1) is 0 Å². The summed E-state index contributed by atoms with van der Waals surface area (Å²) in [4.78, 5) is 35.6. The van der Waals surface area contributed by atoms with Gasteiger partial charge in [0.1, 0.15) is 13.0 Å². The van der Waals surface area contributed by atoms with Crippen LogP contribution in [0.15, 0.2) is 0 Å². The largest absolute Gasteiger partial charge is 0.778 e. The standard InChI is InChI=1S/C3H10O7P2/c1-10-2-3(11(4,5)6)12(7,8)9/h3H,2H2,1H3,(H2,4,5,6)(H2,7,8,9)/p-1. The highest BCUT2D eigenvalue weighted by Crippen LogP contribution is 2.57. The fourth-order valence-corrected chi connectivity index (χ4v) is 2.73. The molecule has 12 heavy (non-hydrogen) atoms. The molecule has 0 aromatic carbocycles. The Morgan fingerprint density at radius 3 is 1.92 bits per heavy atom. The van der Waals surface area contributed by atoms with Crippen LogP contribution in [-0.4, -0.2) is 33.8 Å². The molecule has 0 heterocycles. The predicted octanol–water partition coefficient (Wildman–Crippen LogP) is -1.32. The molecule has 9 heteroatoms. The maximum atomic E-state index is 10.5. The Morgan fingerprint density at radius 1 is 1.42 bits per heavy atom. The molecule has 2 unspecified atom stereocenters. The van der Waals surface area contributed by atoms with E-state index in [-0.39, 0.29) is 0 Å². The zero-order valence-corrected chi connectivity index (χ0v) is 7.94. The summed E-state index contributed by atoms with van der Waals surface area (Å²) in [5, 5.41) is -2.17. The van der Waals surface area contributed by atoms with Crippen molar-refractivity contribution in [2.24, 2.45) is 0 Å². The molecule has 0 saturated heterocycles. The smallest absolute Gasteiger partial charge is 0.339 e. The summed E-state index contributed by atoms with van der Waals surface area (Å²) in [7, 11) is -8.85. The Labute approximate surface area is 68.7 Å². The van der Waals surface area contributed by atoms with Gasteiger partial charge in [0.15, 0.2) is 0 Å². The fourth-order valence-electron chi connectivity index (χ4n) is 0.530. The molecular formula is C3H9O7P2-. The van der Waals surface area contributed by atoms with E-state index in [1.54, 1.807) is 0 Å².